The van der Waals surface area contributed by atoms with Crippen LogP contribution < -0.4 is 9.47 Å². The molecular formula is C20H20FN3O4. The second-order valence-electron chi connectivity index (χ2n) is 6.03. The monoisotopic (exact) mass is 385 g/mol. The molecule has 0 aliphatic heterocycles. The second-order valence-corrected chi connectivity index (χ2v) is 6.03. The SMILES string of the molecule is COc1cccc(C(=O)N(C)CCc2noc(COc3ccccc3F)n2)c1. The Balaban J connectivity index is 1.52. The first-order chi connectivity index (χ1) is 13.6. The van der Waals surface area contributed by atoms with Gasteiger partial charge in [-0.25, -0.2) is 4.39 Å². The van der Waals surface area contributed by atoms with Crippen molar-refractivity contribution in [2.24, 2.45) is 0 Å². The van der Waals surface area contributed by atoms with Crippen LogP contribution in [0.3, 0.4) is 0 Å². The summed E-state index contributed by atoms with van der Waals surface area (Å²) in [6.07, 6.45) is 0.412. The van der Waals surface area contributed by atoms with Crippen LogP contribution in [0.4, 0.5) is 4.39 Å². The van der Waals surface area contributed by atoms with Crippen molar-refractivity contribution in [1.29, 1.82) is 0 Å². The highest BCUT2D eigenvalue weighted by Gasteiger charge is 2.14. The molecule has 0 saturated heterocycles. The fourth-order valence-electron chi connectivity index (χ4n) is 2.50. The Morgan fingerprint density at radius 3 is 2.82 bits per heavy atom. The Kier molecular flexibility index (Phi) is 6.21. The zero-order valence-corrected chi connectivity index (χ0v) is 15.6. The molecule has 0 radical (unpaired) electrons. The van der Waals surface area contributed by atoms with Crippen LogP contribution in [0.2, 0.25) is 0 Å². The third-order valence-electron chi connectivity index (χ3n) is 4.03. The summed E-state index contributed by atoms with van der Waals surface area (Å²) in [6.45, 7) is 0.371. The van der Waals surface area contributed by atoms with E-state index in [-0.39, 0.29) is 24.2 Å². The molecule has 8 heteroatoms. The lowest BCUT2D eigenvalue weighted by Crippen LogP contribution is -2.29. The molecule has 0 fully saturated rings. The van der Waals surface area contributed by atoms with E-state index in [2.05, 4.69) is 10.1 Å². The van der Waals surface area contributed by atoms with Gasteiger partial charge in [0.25, 0.3) is 11.8 Å². The number of rotatable bonds is 8. The van der Waals surface area contributed by atoms with Gasteiger partial charge in [0, 0.05) is 25.6 Å². The average molecular weight is 385 g/mol. The van der Waals surface area contributed by atoms with Gasteiger partial charge in [0.2, 0.25) is 0 Å². The molecule has 1 amide bonds. The number of likely N-dealkylation sites (N-methyl/N-ethyl adjacent to an activating group) is 1. The number of nitrogens with zero attached hydrogens (tertiary/aromatic N) is 3. The summed E-state index contributed by atoms with van der Waals surface area (Å²) in [5.41, 5.74) is 0.536. The lowest BCUT2D eigenvalue weighted by Gasteiger charge is -2.16. The van der Waals surface area contributed by atoms with Gasteiger partial charge in [0.1, 0.15) is 5.75 Å². The highest BCUT2D eigenvalue weighted by Crippen LogP contribution is 2.17. The van der Waals surface area contributed by atoms with Gasteiger partial charge in [0.05, 0.1) is 7.11 Å². The predicted molar refractivity (Wildman–Crippen MR) is 98.7 cm³/mol. The van der Waals surface area contributed by atoms with E-state index >= 15 is 0 Å². The first-order valence-corrected chi connectivity index (χ1v) is 8.65. The Bertz CT molecular complexity index is 944. The molecular weight excluding hydrogens is 365 g/mol. The minimum absolute atomic E-state index is 0.0352. The summed E-state index contributed by atoms with van der Waals surface area (Å²) in [6, 6.07) is 13.0. The van der Waals surface area contributed by atoms with Crippen molar-refractivity contribution < 1.29 is 23.2 Å². The van der Waals surface area contributed by atoms with Gasteiger partial charge in [-0.05, 0) is 30.3 Å². The highest BCUT2D eigenvalue weighted by molar-refractivity contribution is 5.94. The van der Waals surface area contributed by atoms with Gasteiger partial charge in [-0.3, -0.25) is 4.79 Å². The minimum atomic E-state index is -0.458. The van der Waals surface area contributed by atoms with Crippen LogP contribution >= 0.6 is 0 Å². The smallest absolute Gasteiger partial charge is 0.264 e. The van der Waals surface area contributed by atoms with E-state index in [4.69, 9.17) is 14.0 Å². The number of carbonyl (C=O) groups excluding carboxylic acids is 1. The number of aromatic nitrogens is 2. The number of halogens is 1. The highest BCUT2D eigenvalue weighted by atomic mass is 19.1. The number of benzene rings is 2. The summed E-state index contributed by atoms with van der Waals surface area (Å²) in [5.74, 6) is 0.825. The number of hydrogen-bond donors (Lipinski definition) is 0. The Morgan fingerprint density at radius 2 is 2.04 bits per heavy atom. The van der Waals surface area contributed by atoms with Gasteiger partial charge in [-0.15, -0.1) is 0 Å². The van der Waals surface area contributed by atoms with Crippen molar-refractivity contribution in [3.63, 3.8) is 0 Å². The van der Waals surface area contributed by atoms with Crippen LogP contribution in [0.25, 0.3) is 0 Å². The van der Waals surface area contributed by atoms with Crippen molar-refractivity contribution in [1.82, 2.24) is 15.0 Å². The summed E-state index contributed by atoms with van der Waals surface area (Å²) in [7, 11) is 3.25. The fraction of sp³-hybridized carbons (Fsp3) is 0.250. The second kappa shape index (κ2) is 8.98. The third-order valence-corrected chi connectivity index (χ3v) is 4.03. The van der Waals surface area contributed by atoms with Gasteiger partial charge >= 0.3 is 0 Å². The van der Waals surface area contributed by atoms with E-state index in [1.54, 1.807) is 55.5 Å². The first kappa shape index (κ1) is 19.3. The third kappa shape index (κ3) is 4.85. The first-order valence-electron chi connectivity index (χ1n) is 8.65. The number of ether oxygens (including phenoxy) is 2. The molecule has 146 valence electrons. The maximum atomic E-state index is 13.5. The summed E-state index contributed by atoms with van der Waals surface area (Å²) in [5, 5.41) is 3.86. The number of hydrogen-bond acceptors (Lipinski definition) is 6. The quantitative estimate of drug-likeness (QED) is 0.593. The zero-order valence-electron chi connectivity index (χ0n) is 15.6. The maximum Gasteiger partial charge on any atom is 0.264 e. The van der Waals surface area contributed by atoms with Crippen molar-refractivity contribution in [3.8, 4) is 11.5 Å². The standard InChI is InChI=1S/C20H20FN3O4/c1-24(20(25)14-6-5-7-15(12-14)26-2)11-10-18-22-19(28-23-18)13-27-17-9-4-3-8-16(17)21/h3-9,12H,10-11,13H2,1-2H3. The van der Waals surface area contributed by atoms with Crippen molar-refractivity contribution in [2.75, 3.05) is 20.7 Å². The normalized spacial score (nSPS) is 10.5. The van der Waals surface area contributed by atoms with Crippen LogP contribution in [0.1, 0.15) is 22.1 Å². The number of para-hydroxylation sites is 1. The fourth-order valence-corrected chi connectivity index (χ4v) is 2.50. The molecule has 0 atom stereocenters. The van der Waals surface area contributed by atoms with E-state index in [9.17, 15) is 9.18 Å². The van der Waals surface area contributed by atoms with Crippen LogP contribution in [0.5, 0.6) is 11.5 Å². The average Bonchev–Trinajstić information content (AvgIpc) is 3.18. The zero-order chi connectivity index (χ0) is 19.9. The molecule has 28 heavy (non-hydrogen) atoms. The van der Waals surface area contributed by atoms with Crippen LogP contribution in [-0.2, 0) is 13.0 Å². The Hall–Kier alpha value is -3.42. The number of methoxy groups -OCH3 is 1. The van der Waals surface area contributed by atoms with Gasteiger partial charge in [-0.2, -0.15) is 4.98 Å². The molecule has 0 aliphatic rings. The van der Waals surface area contributed by atoms with Crippen molar-refractivity contribution >= 4 is 5.91 Å². The van der Waals surface area contributed by atoms with E-state index in [1.165, 1.54) is 12.1 Å². The van der Waals surface area contributed by atoms with Gasteiger partial charge in [-0.1, -0.05) is 23.4 Å². The molecule has 1 heterocycles. The largest absolute Gasteiger partial charge is 0.497 e. The molecule has 2 aromatic carbocycles. The molecule has 3 rings (SSSR count). The van der Waals surface area contributed by atoms with E-state index in [0.717, 1.165) is 0 Å². The van der Waals surface area contributed by atoms with E-state index in [1.807, 2.05) is 0 Å². The summed E-state index contributed by atoms with van der Waals surface area (Å²) < 4.78 is 29.1. The molecule has 0 unspecified atom stereocenters. The maximum absolute atomic E-state index is 13.5. The summed E-state index contributed by atoms with van der Waals surface area (Å²) in [4.78, 5) is 18.3. The number of carbonyl (C=O) groups is 1. The molecule has 3 aromatic rings. The lowest BCUT2D eigenvalue weighted by atomic mass is 10.2. The number of amides is 1. The van der Waals surface area contributed by atoms with Crippen LogP contribution in [0.15, 0.2) is 53.1 Å². The molecule has 1 aromatic heterocycles. The van der Waals surface area contributed by atoms with E-state index < -0.39 is 5.82 Å². The van der Waals surface area contributed by atoms with Crippen molar-refractivity contribution in [2.45, 2.75) is 13.0 Å². The minimum Gasteiger partial charge on any atom is -0.497 e. The van der Waals surface area contributed by atoms with Crippen molar-refractivity contribution in [3.05, 3.63) is 71.6 Å². The van der Waals surface area contributed by atoms with Gasteiger partial charge < -0.3 is 18.9 Å². The molecule has 0 bridgehead atoms. The Labute approximate surface area is 161 Å². The molecule has 0 aliphatic carbocycles. The van der Waals surface area contributed by atoms with Crippen LogP contribution in [0, 0.1) is 5.82 Å². The Morgan fingerprint density at radius 1 is 1.21 bits per heavy atom. The van der Waals surface area contributed by atoms with E-state index in [0.29, 0.717) is 30.1 Å². The van der Waals surface area contributed by atoms with Gasteiger partial charge in [0.15, 0.2) is 24.0 Å². The predicted octanol–water partition coefficient (Wildman–Crippen LogP) is 3.11. The molecule has 0 N–H and O–H groups in total. The lowest BCUT2D eigenvalue weighted by molar-refractivity contribution is 0.0795. The summed E-state index contributed by atoms with van der Waals surface area (Å²) >= 11 is 0. The van der Waals surface area contributed by atoms with Crippen LogP contribution in [-0.4, -0.2) is 41.6 Å². The molecule has 7 nitrogen and oxygen atoms in total. The topological polar surface area (TPSA) is 77.7 Å². The molecule has 0 spiro atoms. The molecule has 0 saturated carbocycles.